The van der Waals surface area contributed by atoms with Crippen LogP contribution in [0.15, 0.2) is 12.2 Å². The fourth-order valence-electron chi connectivity index (χ4n) is 1.83. The molecule has 0 aromatic heterocycles. The summed E-state index contributed by atoms with van der Waals surface area (Å²) >= 11 is 1.08. The largest absolute Gasteiger partial charge is 0.450 e. The molecule has 16 heavy (non-hydrogen) atoms. The Morgan fingerprint density at radius 3 is 2.69 bits per heavy atom. The first-order chi connectivity index (χ1) is 7.63. The number of Topliss-reactive ketones (excluding diaryl/α,β-unsaturated/α-hetero) is 1. The average molecular weight is 242 g/mol. The predicted molar refractivity (Wildman–Crippen MR) is 65.6 cm³/mol. The molecule has 0 N–H and O–H groups in total. The number of hydrogen-bond acceptors (Lipinski definition) is 4. The van der Waals surface area contributed by atoms with Gasteiger partial charge in [-0.25, -0.2) is 4.79 Å². The monoisotopic (exact) mass is 242 g/mol. The van der Waals surface area contributed by atoms with Crippen LogP contribution in [-0.4, -0.2) is 23.4 Å². The van der Waals surface area contributed by atoms with Crippen LogP contribution in [0.2, 0.25) is 0 Å². The van der Waals surface area contributed by atoms with Crippen molar-refractivity contribution >= 4 is 22.8 Å². The van der Waals surface area contributed by atoms with E-state index in [9.17, 15) is 9.59 Å². The Morgan fingerprint density at radius 2 is 2.06 bits per heavy atom. The van der Waals surface area contributed by atoms with Gasteiger partial charge in [0, 0.05) is 5.92 Å². The van der Waals surface area contributed by atoms with E-state index >= 15 is 0 Å². The van der Waals surface area contributed by atoms with Crippen molar-refractivity contribution in [1.29, 1.82) is 0 Å². The molecule has 90 valence electrons. The van der Waals surface area contributed by atoms with Crippen molar-refractivity contribution in [2.75, 3.05) is 6.26 Å². The minimum atomic E-state index is -0.255. The second-order valence-corrected chi connectivity index (χ2v) is 4.74. The van der Waals surface area contributed by atoms with E-state index in [0.29, 0.717) is 0 Å². The maximum absolute atomic E-state index is 11.3. The summed E-state index contributed by atoms with van der Waals surface area (Å²) in [5.74, 6) is 0.366. The molecule has 0 radical (unpaired) electrons. The molecule has 0 fully saturated rings. The molecular weight excluding hydrogens is 224 g/mol. The molecular formula is C12H18O3S. The molecule has 0 saturated heterocycles. The zero-order valence-corrected chi connectivity index (χ0v) is 10.6. The molecule has 0 bridgehead atoms. The molecule has 0 spiro atoms. The van der Waals surface area contributed by atoms with E-state index in [4.69, 9.17) is 4.74 Å². The highest BCUT2D eigenvalue weighted by Crippen LogP contribution is 2.22. The maximum atomic E-state index is 11.3. The van der Waals surface area contributed by atoms with Gasteiger partial charge in [-0.15, -0.1) is 0 Å². The number of allylic oxidation sites excluding steroid dienone is 1. The first kappa shape index (κ1) is 13.3. The summed E-state index contributed by atoms with van der Waals surface area (Å²) in [7, 11) is 0. The Morgan fingerprint density at radius 1 is 1.31 bits per heavy atom. The van der Waals surface area contributed by atoms with Gasteiger partial charge in [0.25, 0.3) is 0 Å². The highest BCUT2D eigenvalue weighted by Gasteiger charge is 2.19. The normalized spacial score (nSPS) is 27.6. The molecule has 3 nitrogen and oxygen atoms in total. The van der Waals surface area contributed by atoms with Gasteiger partial charge in [0.15, 0.2) is 0 Å². The van der Waals surface area contributed by atoms with E-state index in [-0.39, 0.29) is 23.1 Å². The van der Waals surface area contributed by atoms with E-state index in [1.807, 2.05) is 12.2 Å². The summed E-state index contributed by atoms with van der Waals surface area (Å²) in [5, 5.41) is -0.255. The third-order valence-corrected chi connectivity index (χ3v) is 3.25. The van der Waals surface area contributed by atoms with Gasteiger partial charge in [-0.05, 0) is 56.7 Å². The third kappa shape index (κ3) is 4.39. The van der Waals surface area contributed by atoms with Gasteiger partial charge in [-0.3, -0.25) is 4.79 Å². The van der Waals surface area contributed by atoms with Crippen molar-refractivity contribution in [2.45, 2.75) is 38.7 Å². The van der Waals surface area contributed by atoms with Crippen molar-refractivity contribution in [3.63, 3.8) is 0 Å². The van der Waals surface area contributed by atoms with Crippen LogP contribution in [0, 0.1) is 5.92 Å². The summed E-state index contributed by atoms with van der Waals surface area (Å²) in [6.07, 6.45) is 8.83. The maximum Gasteiger partial charge on any atom is 0.367 e. The molecule has 0 aromatic carbocycles. The second-order valence-electron chi connectivity index (χ2n) is 4.00. The number of ketones is 1. The van der Waals surface area contributed by atoms with E-state index in [2.05, 4.69) is 0 Å². The predicted octanol–water partition coefficient (Wildman–Crippen LogP) is 3.19. The zero-order valence-electron chi connectivity index (χ0n) is 9.77. The van der Waals surface area contributed by atoms with Crippen molar-refractivity contribution in [1.82, 2.24) is 0 Å². The molecule has 0 amide bonds. The van der Waals surface area contributed by atoms with Crippen LogP contribution in [0.1, 0.15) is 32.6 Å². The van der Waals surface area contributed by atoms with Crippen molar-refractivity contribution < 1.29 is 14.3 Å². The summed E-state index contributed by atoms with van der Waals surface area (Å²) < 4.78 is 5.23. The van der Waals surface area contributed by atoms with Crippen LogP contribution in [0.3, 0.4) is 0 Å². The number of hydrogen-bond donors (Lipinski definition) is 0. The van der Waals surface area contributed by atoms with Crippen molar-refractivity contribution in [2.24, 2.45) is 5.92 Å². The summed E-state index contributed by atoms with van der Waals surface area (Å²) in [6, 6.07) is 0. The van der Waals surface area contributed by atoms with Crippen LogP contribution in [0.4, 0.5) is 4.79 Å². The first-order valence-corrected chi connectivity index (χ1v) is 6.77. The minimum Gasteiger partial charge on any atom is -0.450 e. The van der Waals surface area contributed by atoms with Gasteiger partial charge in [0.1, 0.15) is 11.9 Å². The molecule has 0 heterocycles. The summed E-state index contributed by atoms with van der Waals surface area (Å²) in [4.78, 5) is 22.4. The van der Waals surface area contributed by atoms with Crippen molar-refractivity contribution in [3.8, 4) is 0 Å². The van der Waals surface area contributed by atoms with E-state index < -0.39 is 0 Å². The van der Waals surface area contributed by atoms with Crippen LogP contribution >= 0.6 is 11.8 Å². The van der Waals surface area contributed by atoms with Gasteiger partial charge in [0.05, 0.1) is 0 Å². The lowest BCUT2D eigenvalue weighted by Gasteiger charge is -2.19. The number of rotatable bonds is 2. The van der Waals surface area contributed by atoms with Crippen LogP contribution in [-0.2, 0) is 9.53 Å². The summed E-state index contributed by atoms with van der Waals surface area (Å²) in [5.41, 5.74) is 0. The SMILES string of the molecule is CSC(=O)OC1/C=C/CCC(C(C)=O)CC1. The zero-order chi connectivity index (χ0) is 12.0. The second kappa shape index (κ2) is 6.74. The smallest absolute Gasteiger partial charge is 0.367 e. The average Bonchev–Trinajstić information content (AvgIpc) is 2.21. The molecule has 1 aliphatic rings. The Hall–Kier alpha value is -0.770. The van der Waals surface area contributed by atoms with E-state index in [1.54, 1.807) is 13.2 Å². The van der Waals surface area contributed by atoms with Crippen LogP contribution < -0.4 is 0 Å². The lowest BCUT2D eigenvalue weighted by molar-refractivity contribution is -0.121. The molecule has 4 heteroatoms. The van der Waals surface area contributed by atoms with Crippen LogP contribution in [0.25, 0.3) is 0 Å². The third-order valence-electron chi connectivity index (χ3n) is 2.82. The fraction of sp³-hybridized carbons (Fsp3) is 0.667. The first-order valence-electron chi connectivity index (χ1n) is 5.55. The number of carbonyl (C=O) groups is 2. The molecule has 2 atom stereocenters. The fourth-order valence-corrected chi connectivity index (χ4v) is 2.05. The number of carbonyl (C=O) groups excluding carboxylic acids is 2. The Kier molecular flexibility index (Phi) is 5.60. The van der Waals surface area contributed by atoms with Gasteiger partial charge >= 0.3 is 5.30 Å². The van der Waals surface area contributed by atoms with Crippen molar-refractivity contribution in [3.05, 3.63) is 12.2 Å². The molecule has 0 aliphatic heterocycles. The Balaban J connectivity index is 2.51. The molecule has 0 saturated carbocycles. The number of thioether (sulfide) groups is 1. The molecule has 0 aromatic rings. The highest BCUT2D eigenvalue weighted by atomic mass is 32.2. The van der Waals surface area contributed by atoms with E-state index in [1.165, 1.54) is 0 Å². The van der Waals surface area contributed by atoms with Gasteiger partial charge < -0.3 is 4.74 Å². The number of ether oxygens (including phenoxy) is 1. The van der Waals surface area contributed by atoms with Gasteiger partial charge in [0.2, 0.25) is 0 Å². The Labute approximate surface area is 101 Å². The molecule has 1 aliphatic carbocycles. The van der Waals surface area contributed by atoms with Crippen LogP contribution in [0.5, 0.6) is 0 Å². The Bertz CT molecular complexity index is 286. The molecule has 1 rings (SSSR count). The lowest BCUT2D eigenvalue weighted by Crippen LogP contribution is -2.19. The van der Waals surface area contributed by atoms with Gasteiger partial charge in [-0.1, -0.05) is 6.08 Å². The minimum absolute atomic E-state index is 0.125. The quantitative estimate of drug-likeness (QED) is 0.551. The lowest BCUT2D eigenvalue weighted by atomic mass is 9.90. The summed E-state index contributed by atoms with van der Waals surface area (Å²) in [6.45, 7) is 1.64. The molecule has 2 unspecified atom stereocenters. The highest BCUT2D eigenvalue weighted by molar-refractivity contribution is 8.12. The topological polar surface area (TPSA) is 43.4 Å². The van der Waals surface area contributed by atoms with E-state index in [0.717, 1.165) is 37.4 Å². The standard InChI is InChI=1S/C12H18O3S/c1-9(13)10-5-3-4-6-11(8-7-10)15-12(14)16-2/h4,6,10-11H,3,5,7-8H2,1-2H3/b6-4+. The van der Waals surface area contributed by atoms with Gasteiger partial charge in [-0.2, -0.15) is 0 Å².